The maximum atomic E-state index is 10.7. The van der Waals surface area contributed by atoms with Crippen molar-refractivity contribution in [1.82, 2.24) is 9.88 Å². The first-order valence-corrected chi connectivity index (χ1v) is 4.90. The number of hydrogen-bond acceptors (Lipinski definition) is 4. The summed E-state index contributed by atoms with van der Waals surface area (Å²) in [5.74, 6) is 0.388. The van der Waals surface area contributed by atoms with Crippen LogP contribution in [0.2, 0.25) is 0 Å². The molecule has 1 aliphatic rings. The number of amides is 1. The summed E-state index contributed by atoms with van der Waals surface area (Å²) >= 11 is 0. The number of nitrogens with zero attached hydrogens (tertiary/aromatic N) is 2. The SMILES string of the molecule is O=C(O)N1CC(O)C(Oc2ccccn2)C1. The van der Waals surface area contributed by atoms with Crippen LogP contribution < -0.4 is 4.74 Å². The molecule has 0 spiro atoms. The standard InChI is InChI=1S/C10H12N2O4/c13-7-5-12(10(14)15)6-8(7)16-9-3-1-2-4-11-9/h1-4,7-8,13H,5-6H2,(H,14,15). The quantitative estimate of drug-likeness (QED) is 0.749. The Bertz CT molecular complexity index is 370. The van der Waals surface area contributed by atoms with Gasteiger partial charge in [-0.15, -0.1) is 0 Å². The average Bonchev–Trinajstić information content (AvgIpc) is 2.62. The van der Waals surface area contributed by atoms with Crippen molar-refractivity contribution in [2.45, 2.75) is 12.2 Å². The first-order valence-electron chi connectivity index (χ1n) is 4.90. The van der Waals surface area contributed by atoms with Crippen LogP contribution in [0.3, 0.4) is 0 Å². The fraction of sp³-hybridized carbons (Fsp3) is 0.400. The summed E-state index contributed by atoms with van der Waals surface area (Å²) in [5, 5.41) is 18.4. The lowest BCUT2D eigenvalue weighted by molar-refractivity contribution is 0.0706. The largest absolute Gasteiger partial charge is 0.470 e. The molecule has 2 heterocycles. The average molecular weight is 224 g/mol. The fourth-order valence-electron chi connectivity index (χ4n) is 1.60. The molecule has 0 bridgehead atoms. The van der Waals surface area contributed by atoms with Crippen LogP contribution in [0.1, 0.15) is 0 Å². The Morgan fingerprint density at radius 3 is 2.88 bits per heavy atom. The van der Waals surface area contributed by atoms with Gasteiger partial charge in [-0.1, -0.05) is 6.07 Å². The summed E-state index contributed by atoms with van der Waals surface area (Å²) < 4.78 is 5.40. The van der Waals surface area contributed by atoms with Crippen molar-refractivity contribution in [1.29, 1.82) is 0 Å². The van der Waals surface area contributed by atoms with Crippen LogP contribution in [0.25, 0.3) is 0 Å². The van der Waals surface area contributed by atoms with Crippen LogP contribution in [-0.4, -0.2) is 51.5 Å². The minimum Gasteiger partial charge on any atom is -0.470 e. The van der Waals surface area contributed by atoms with Gasteiger partial charge >= 0.3 is 6.09 Å². The third-order valence-corrected chi connectivity index (χ3v) is 2.42. The number of carboxylic acid groups (broad SMARTS) is 1. The normalized spacial score (nSPS) is 24.4. The molecule has 6 nitrogen and oxygen atoms in total. The molecule has 0 aliphatic carbocycles. The number of pyridine rings is 1. The van der Waals surface area contributed by atoms with Crippen molar-refractivity contribution in [3.05, 3.63) is 24.4 Å². The molecule has 1 fully saturated rings. The minimum atomic E-state index is -1.05. The van der Waals surface area contributed by atoms with E-state index in [4.69, 9.17) is 9.84 Å². The molecule has 2 N–H and O–H groups in total. The van der Waals surface area contributed by atoms with Gasteiger partial charge in [0.2, 0.25) is 5.88 Å². The van der Waals surface area contributed by atoms with Gasteiger partial charge < -0.3 is 19.8 Å². The van der Waals surface area contributed by atoms with Crippen LogP contribution in [-0.2, 0) is 0 Å². The number of β-amino-alcohol motifs (C(OH)–C–C–N with tert-alkyl or cyclic N) is 1. The lowest BCUT2D eigenvalue weighted by Crippen LogP contribution is -2.30. The van der Waals surface area contributed by atoms with Crippen molar-refractivity contribution in [3.63, 3.8) is 0 Å². The molecule has 1 aliphatic heterocycles. The predicted molar refractivity (Wildman–Crippen MR) is 54.3 cm³/mol. The van der Waals surface area contributed by atoms with Gasteiger partial charge in [-0.2, -0.15) is 0 Å². The van der Waals surface area contributed by atoms with E-state index < -0.39 is 18.3 Å². The van der Waals surface area contributed by atoms with Gasteiger partial charge in [-0.25, -0.2) is 9.78 Å². The van der Waals surface area contributed by atoms with E-state index in [0.29, 0.717) is 5.88 Å². The summed E-state index contributed by atoms with van der Waals surface area (Å²) in [5.41, 5.74) is 0. The molecule has 2 unspecified atom stereocenters. The Labute approximate surface area is 92.1 Å². The van der Waals surface area contributed by atoms with Gasteiger partial charge in [0.15, 0.2) is 0 Å². The Morgan fingerprint density at radius 2 is 2.31 bits per heavy atom. The van der Waals surface area contributed by atoms with Gasteiger partial charge in [-0.3, -0.25) is 0 Å². The van der Waals surface area contributed by atoms with Crippen LogP contribution in [0.4, 0.5) is 4.79 Å². The van der Waals surface area contributed by atoms with Gasteiger partial charge in [-0.05, 0) is 6.07 Å². The van der Waals surface area contributed by atoms with Crippen LogP contribution in [0.15, 0.2) is 24.4 Å². The maximum Gasteiger partial charge on any atom is 0.407 e. The first kappa shape index (κ1) is 10.7. The lowest BCUT2D eigenvalue weighted by Gasteiger charge is -2.14. The van der Waals surface area contributed by atoms with E-state index in [1.165, 1.54) is 0 Å². The summed E-state index contributed by atoms with van der Waals surface area (Å²) in [6.07, 6.45) is -0.832. The molecule has 0 aromatic carbocycles. The van der Waals surface area contributed by atoms with Gasteiger partial charge in [0.1, 0.15) is 12.2 Å². The van der Waals surface area contributed by atoms with E-state index in [2.05, 4.69) is 4.98 Å². The number of aromatic nitrogens is 1. The molecule has 86 valence electrons. The van der Waals surface area contributed by atoms with Crippen LogP contribution >= 0.6 is 0 Å². The van der Waals surface area contributed by atoms with E-state index in [9.17, 15) is 9.90 Å². The number of carbonyl (C=O) groups is 1. The van der Waals surface area contributed by atoms with Gasteiger partial charge in [0.25, 0.3) is 0 Å². The smallest absolute Gasteiger partial charge is 0.407 e. The van der Waals surface area contributed by atoms with E-state index in [0.717, 1.165) is 4.90 Å². The lowest BCUT2D eigenvalue weighted by atomic mass is 10.3. The fourth-order valence-corrected chi connectivity index (χ4v) is 1.60. The molecule has 1 aromatic rings. The molecule has 16 heavy (non-hydrogen) atoms. The highest BCUT2D eigenvalue weighted by atomic mass is 16.5. The highest BCUT2D eigenvalue weighted by Crippen LogP contribution is 2.16. The topological polar surface area (TPSA) is 82.9 Å². The number of likely N-dealkylation sites (tertiary alicyclic amines) is 1. The zero-order chi connectivity index (χ0) is 11.5. The predicted octanol–water partition coefficient (Wildman–Crippen LogP) is 0.183. The zero-order valence-corrected chi connectivity index (χ0v) is 8.48. The van der Waals surface area contributed by atoms with E-state index in [-0.39, 0.29) is 13.1 Å². The molecule has 0 saturated carbocycles. The van der Waals surface area contributed by atoms with Gasteiger partial charge in [0.05, 0.1) is 13.1 Å². The third kappa shape index (κ3) is 2.22. The second-order valence-corrected chi connectivity index (χ2v) is 3.58. The maximum absolute atomic E-state index is 10.7. The molecule has 1 saturated heterocycles. The van der Waals surface area contributed by atoms with Crippen molar-refractivity contribution < 1.29 is 19.7 Å². The number of ether oxygens (including phenoxy) is 1. The Balaban J connectivity index is 1.99. The highest BCUT2D eigenvalue weighted by Gasteiger charge is 2.35. The highest BCUT2D eigenvalue weighted by molar-refractivity contribution is 5.65. The molecule has 2 atom stereocenters. The molecular formula is C10H12N2O4. The molecular weight excluding hydrogens is 212 g/mol. The second-order valence-electron chi connectivity index (χ2n) is 3.58. The number of rotatable bonds is 2. The first-order chi connectivity index (χ1) is 7.66. The summed E-state index contributed by atoms with van der Waals surface area (Å²) in [6, 6.07) is 5.18. The van der Waals surface area contributed by atoms with Crippen LogP contribution in [0.5, 0.6) is 5.88 Å². The second kappa shape index (κ2) is 4.36. The van der Waals surface area contributed by atoms with E-state index in [1.54, 1.807) is 24.4 Å². The molecule has 6 heteroatoms. The molecule has 1 aromatic heterocycles. The van der Waals surface area contributed by atoms with Crippen molar-refractivity contribution in [2.24, 2.45) is 0 Å². The monoisotopic (exact) mass is 224 g/mol. The van der Waals surface area contributed by atoms with Crippen molar-refractivity contribution in [2.75, 3.05) is 13.1 Å². The summed E-state index contributed by atoms with van der Waals surface area (Å²) in [4.78, 5) is 15.8. The van der Waals surface area contributed by atoms with Crippen LogP contribution in [0, 0.1) is 0 Å². The summed E-state index contributed by atoms with van der Waals surface area (Å²) in [6.45, 7) is 0.236. The zero-order valence-electron chi connectivity index (χ0n) is 8.48. The minimum absolute atomic E-state index is 0.0762. The summed E-state index contributed by atoms with van der Waals surface area (Å²) in [7, 11) is 0. The number of aliphatic hydroxyl groups excluding tert-OH is 1. The molecule has 2 rings (SSSR count). The van der Waals surface area contributed by atoms with Crippen molar-refractivity contribution >= 4 is 6.09 Å². The Hall–Kier alpha value is -1.82. The van der Waals surface area contributed by atoms with E-state index >= 15 is 0 Å². The third-order valence-electron chi connectivity index (χ3n) is 2.42. The molecule has 1 amide bonds. The van der Waals surface area contributed by atoms with Gasteiger partial charge in [0, 0.05) is 12.3 Å². The Morgan fingerprint density at radius 1 is 1.50 bits per heavy atom. The Kier molecular flexibility index (Phi) is 2.91. The number of aliphatic hydroxyl groups is 1. The molecule has 0 radical (unpaired) electrons. The van der Waals surface area contributed by atoms with E-state index in [1.807, 2.05) is 0 Å². The van der Waals surface area contributed by atoms with Crippen molar-refractivity contribution in [3.8, 4) is 5.88 Å². The number of hydrogen-bond donors (Lipinski definition) is 2.